The van der Waals surface area contributed by atoms with Gasteiger partial charge in [-0.05, 0) is 28.7 Å². The molecule has 130 valence electrons. The number of carbonyl (C=O) groups is 1. The molecule has 0 aliphatic carbocycles. The minimum atomic E-state index is -1.72. The van der Waals surface area contributed by atoms with Gasteiger partial charge < -0.3 is 4.74 Å². The number of nitroso groups, excluding NO2 is 1. The fourth-order valence-corrected chi connectivity index (χ4v) is 3.61. The van der Waals surface area contributed by atoms with Crippen molar-refractivity contribution in [1.82, 2.24) is 5.09 Å². The van der Waals surface area contributed by atoms with Crippen molar-refractivity contribution in [3.05, 3.63) is 68.6 Å². The van der Waals surface area contributed by atoms with Gasteiger partial charge in [-0.3, -0.25) is 15.2 Å². The van der Waals surface area contributed by atoms with Crippen LogP contribution in [0.4, 0.5) is 5.69 Å². The predicted molar refractivity (Wildman–Crippen MR) is 97.3 cm³/mol. The van der Waals surface area contributed by atoms with Crippen molar-refractivity contribution >= 4 is 37.8 Å². The molecule has 2 rings (SSSR count). The number of nitrogens with one attached hydrogen (secondary N) is 1. The van der Waals surface area contributed by atoms with E-state index in [9.17, 15) is 19.8 Å². The lowest BCUT2D eigenvalue weighted by Crippen LogP contribution is -2.15. The summed E-state index contributed by atoms with van der Waals surface area (Å²) >= 11 is 4.24. The Bertz CT molecular complexity index is 800. The number of thiol groups is 1. The maximum atomic E-state index is 11.4. The molecule has 0 fully saturated rings. The van der Waals surface area contributed by atoms with E-state index < -0.39 is 19.1 Å². The van der Waals surface area contributed by atoms with Crippen LogP contribution in [0.2, 0.25) is 0 Å². The molecule has 0 aromatic heterocycles. The Labute approximate surface area is 150 Å². The Morgan fingerprint density at radius 1 is 1.32 bits per heavy atom. The van der Waals surface area contributed by atoms with Crippen LogP contribution >= 0.6 is 20.9 Å². The summed E-state index contributed by atoms with van der Waals surface area (Å²) in [6, 6.07) is 10.7. The van der Waals surface area contributed by atoms with Crippen LogP contribution in [0.25, 0.3) is 0 Å². The van der Waals surface area contributed by atoms with Gasteiger partial charge in [-0.2, -0.15) is 0 Å². The second-order valence-electron chi connectivity index (χ2n) is 4.85. The number of non-ortho nitro benzene ring substituents is 1. The second kappa shape index (κ2) is 8.66. The highest BCUT2D eigenvalue weighted by Crippen LogP contribution is 2.35. The number of nitro benzene ring substituents is 1. The lowest BCUT2D eigenvalue weighted by atomic mass is 10.1. The summed E-state index contributed by atoms with van der Waals surface area (Å²) in [6.07, 6.45) is 0. The maximum Gasteiger partial charge on any atom is 0.337 e. The summed E-state index contributed by atoms with van der Waals surface area (Å²) in [4.78, 5) is 36.4. The van der Waals surface area contributed by atoms with Crippen molar-refractivity contribution in [1.29, 1.82) is 0 Å². The van der Waals surface area contributed by atoms with E-state index in [4.69, 9.17) is 0 Å². The van der Waals surface area contributed by atoms with E-state index in [-0.39, 0.29) is 5.69 Å². The smallest absolute Gasteiger partial charge is 0.337 e. The van der Waals surface area contributed by atoms with Crippen molar-refractivity contribution in [2.75, 3.05) is 7.11 Å². The van der Waals surface area contributed by atoms with Gasteiger partial charge in [-0.25, -0.2) is 4.79 Å². The van der Waals surface area contributed by atoms with Crippen molar-refractivity contribution in [2.45, 2.75) is 11.4 Å². The monoisotopic (exact) mass is 379 g/mol. The molecule has 0 radical (unpaired) electrons. The van der Waals surface area contributed by atoms with Gasteiger partial charge in [0, 0.05) is 28.9 Å². The predicted octanol–water partition coefficient (Wildman–Crippen LogP) is 3.16. The molecule has 0 aliphatic heterocycles. The third-order valence-corrected chi connectivity index (χ3v) is 5.30. The van der Waals surface area contributed by atoms with Gasteiger partial charge >= 0.3 is 5.97 Å². The summed E-state index contributed by atoms with van der Waals surface area (Å²) in [6.45, 7) is 0.300. The molecular weight excluding hydrogens is 365 g/mol. The summed E-state index contributed by atoms with van der Waals surface area (Å²) < 4.78 is 4.62. The number of ether oxygens (including phenoxy) is 1. The first-order valence-electron chi connectivity index (χ1n) is 6.98. The third kappa shape index (κ3) is 4.82. The fourth-order valence-electron chi connectivity index (χ4n) is 2.00. The van der Waals surface area contributed by atoms with Crippen LogP contribution in [0.15, 0.2) is 52.3 Å². The normalized spacial score (nSPS) is 11.6. The minimum absolute atomic E-state index is 0.131. The zero-order valence-corrected chi connectivity index (χ0v) is 14.9. The Hall–Kier alpha value is -2.35. The Balaban J connectivity index is 2.12. The SMILES string of the molecule is COC(=O)c1ccc(CNP(N=O)c2cc([N+](=O)[O-])ccc2S)cc1. The molecule has 10 heteroatoms. The molecule has 0 amide bonds. The van der Waals surface area contributed by atoms with E-state index in [2.05, 4.69) is 27.4 Å². The number of nitro groups is 1. The third-order valence-electron chi connectivity index (χ3n) is 3.29. The van der Waals surface area contributed by atoms with Gasteiger partial charge in [0.2, 0.25) is 0 Å². The number of esters is 1. The number of hydrogen-bond donors (Lipinski definition) is 2. The fraction of sp³-hybridized carbons (Fsp3) is 0.133. The van der Waals surface area contributed by atoms with Gasteiger partial charge in [0.05, 0.1) is 17.6 Å². The molecule has 0 spiro atoms. The molecule has 8 nitrogen and oxygen atoms in total. The van der Waals surface area contributed by atoms with Gasteiger partial charge in [0.25, 0.3) is 5.69 Å². The largest absolute Gasteiger partial charge is 0.465 e. The van der Waals surface area contributed by atoms with Gasteiger partial charge in [0.15, 0.2) is 8.22 Å². The number of carbonyl (C=O) groups excluding carboxylic acids is 1. The molecule has 0 heterocycles. The zero-order valence-electron chi connectivity index (χ0n) is 13.1. The molecule has 0 saturated heterocycles. The Kier molecular flexibility index (Phi) is 6.58. The van der Waals surface area contributed by atoms with Crippen molar-refractivity contribution in [3.63, 3.8) is 0 Å². The summed E-state index contributed by atoms with van der Waals surface area (Å²) in [7, 11) is -0.415. The van der Waals surface area contributed by atoms with Gasteiger partial charge in [-0.1, -0.05) is 12.1 Å². The van der Waals surface area contributed by atoms with Crippen LogP contribution in [0.1, 0.15) is 15.9 Å². The molecule has 0 aliphatic rings. The average Bonchev–Trinajstić information content (AvgIpc) is 2.63. The lowest BCUT2D eigenvalue weighted by Gasteiger charge is -2.13. The highest BCUT2D eigenvalue weighted by Gasteiger charge is 2.19. The van der Waals surface area contributed by atoms with Gasteiger partial charge in [-0.15, -0.1) is 17.5 Å². The molecule has 1 N–H and O–H groups in total. The second-order valence-corrected chi connectivity index (χ2v) is 6.91. The van der Waals surface area contributed by atoms with E-state index in [1.165, 1.54) is 25.3 Å². The van der Waals surface area contributed by atoms with E-state index in [1.54, 1.807) is 24.3 Å². The van der Waals surface area contributed by atoms with Crippen molar-refractivity contribution in [2.24, 2.45) is 4.95 Å². The summed E-state index contributed by atoms with van der Waals surface area (Å²) in [5, 5.41) is 14.2. The van der Waals surface area contributed by atoms with Crippen LogP contribution in [-0.4, -0.2) is 18.0 Å². The number of methoxy groups -OCH3 is 1. The molecular formula is C15H14N3O5PS. The number of hydrogen-bond acceptors (Lipinski definition) is 8. The Morgan fingerprint density at radius 2 is 2.00 bits per heavy atom. The number of rotatable bonds is 7. The van der Waals surface area contributed by atoms with E-state index in [1.807, 2.05) is 0 Å². The van der Waals surface area contributed by atoms with Crippen LogP contribution < -0.4 is 10.4 Å². The number of nitrogens with zero attached hydrogens (tertiary/aromatic N) is 2. The van der Waals surface area contributed by atoms with Crippen molar-refractivity contribution in [3.8, 4) is 0 Å². The van der Waals surface area contributed by atoms with E-state index in [0.29, 0.717) is 22.3 Å². The molecule has 2 aromatic carbocycles. The van der Waals surface area contributed by atoms with Crippen LogP contribution in [-0.2, 0) is 11.3 Å². The first-order valence-corrected chi connectivity index (χ1v) is 8.72. The summed E-state index contributed by atoms with van der Waals surface area (Å²) in [5.41, 5.74) is 1.10. The summed E-state index contributed by atoms with van der Waals surface area (Å²) in [5.74, 6) is -0.437. The average molecular weight is 379 g/mol. The highest BCUT2D eigenvalue weighted by molar-refractivity contribution is 7.81. The van der Waals surface area contributed by atoms with Crippen molar-refractivity contribution < 1.29 is 14.5 Å². The first-order chi connectivity index (χ1) is 12.0. The molecule has 1 atom stereocenters. The molecule has 25 heavy (non-hydrogen) atoms. The van der Waals surface area contributed by atoms with Crippen LogP contribution in [0.5, 0.6) is 0 Å². The Morgan fingerprint density at radius 3 is 2.56 bits per heavy atom. The van der Waals surface area contributed by atoms with E-state index in [0.717, 1.165) is 5.56 Å². The number of benzene rings is 2. The topological polar surface area (TPSA) is 111 Å². The minimum Gasteiger partial charge on any atom is -0.465 e. The molecule has 2 aromatic rings. The first kappa shape index (κ1) is 19.0. The molecule has 0 bridgehead atoms. The molecule has 0 saturated carbocycles. The highest BCUT2D eigenvalue weighted by atomic mass is 32.1. The zero-order chi connectivity index (χ0) is 18.4. The standard InChI is InChI=1S/C15H14N3O5PS/c1-23-15(19)11-4-2-10(3-5-11)9-16-24(17-20)13-8-12(18(21)22)6-7-14(13)25/h2-8,16,25H,9H2,1H3. The van der Waals surface area contributed by atoms with E-state index >= 15 is 0 Å². The maximum absolute atomic E-state index is 11.4. The van der Waals surface area contributed by atoms with Crippen LogP contribution in [0, 0.1) is 15.0 Å². The van der Waals surface area contributed by atoms with Gasteiger partial charge in [0.1, 0.15) is 0 Å². The van der Waals surface area contributed by atoms with Crippen LogP contribution in [0.3, 0.4) is 0 Å². The lowest BCUT2D eigenvalue weighted by molar-refractivity contribution is -0.384. The quantitative estimate of drug-likeness (QED) is 0.191. The molecule has 1 unspecified atom stereocenters.